The summed E-state index contributed by atoms with van der Waals surface area (Å²) in [6.07, 6.45) is 0. The first kappa shape index (κ1) is 26.0. The summed E-state index contributed by atoms with van der Waals surface area (Å²) in [5.41, 5.74) is 0.713. The van der Waals surface area contributed by atoms with Crippen molar-refractivity contribution in [3.63, 3.8) is 0 Å². The Kier molecular flexibility index (Phi) is 7.76. The predicted octanol–water partition coefficient (Wildman–Crippen LogP) is 4.08. The van der Waals surface area contributed by atoms with Gasteiger partial charge in [0.25, 0.3) is 0 Å². The van der Waals surface area contributed by atoms with Gasteiger partial charge in [-0.2, -0.15) is 5.10 Å². The van der Waals surface area contributed by atoms with Gasteiger partial charge in [-0.05, 0) is 36.4 Å². The highest BCUT2D eigenvalue weighted by Crippen LogP contribution is 2.41. The highest BCUT2D eigenvalue weighted by molar-refractivity contribution is 6.07. The van der Waals surface area contributed by atoms with Crippen LogP contribution in [0.4, 0.5) is 0 Å². The van der Waals surface area contributed by atoms with E-state index in [0.717, 1.165) is 0 Å². The molecule has 2 heterocycles. The van der Waals surface area contributed by atoms with Gasteiger partial charge in [-0.3, -0.25) is 0 Å². The van der Waals surface area contributed by atoms with E-state index >= 15 is 0 Å². The molecule has 0 aliphatic rings. The third-order valence-corrected chi connectivity index (χ3v) is 5.52. The molecule has 0 saturated carbocycles. The molecule has 0 saturated heterocycles. The lowest BCUT2D eigenvalue weighted by Gasteiger charge is -2.14. The number of para-hydroxylation sites is 2. The van der Waals surface area contributed by atoms with Crippen molar-refractivity contribution in [1.29, 1.82) is 0 Å². The third kappa shape index (κ3) is 4.94. The molecule has 196 valence electrons. The monoisotopic (exact) mass is 520 g/mol. The van der Waals surface area contributed by atoms with E-state index in [-0.39, 0.29) is 35.1 Å². The lowest BCUT2D eigenvalue weighted by Crippen LogP contribution is -2.15. The second-order valence-corrected chi connectivity index (χ2v) is 7.69. The van der Waals surface area contributed by atoms with E-state index in [1.807, 2.05) is 0 Å². The second-order valence-electron chi connectivity index (χ2n) is 7.69. The number of furan rings is 1. The van der Waals surface area contributed by atoms with Crippen molar-refractivity contribution in [3.8, 4) is 28.4 Å². The number of carbonyl (C=O) groups is 3. The number of methoxy groups -OCH3 is 4. The zero-order chi connectivity index (χ0) is 27.2. The normalized spacial score (nSPS) is 10.5. The first-order valence-corrected chi connectivity index (χ1v) is 11.3. The van der Waals surface area contributed by atoms with Crippen LogP contribution in [0.5, 0.6) is 11.5 Å². The van der Waals surface area contributed by atoms with Gasteiger partial charge in [0, 0.05) is 5.56 Å². The molecule has 0 amide bonds. The number of hydrogen-bond acceptors (Lipinski definition) is 10. The van der Waals surface area contributed by atoms with Gasteiger partial charge < -0.3 is 28.1 Å². The summed E-state index contributed by atoms with van der Waals surface area (Å²) >= 11 is 0. The maximum atomic E-state index is 13.0. The topological polar surface area (TPSA) is 128 Å². The largest absolute Gasteiger partial charge is 0.493 e. The fourth-order valence-corrected chi connectivity index (χ4v) is 3.76. The molecule has 0 fully saturated rings. The fraction of sp³-hybridized carbons (Fsp3) is 0.185. The van der Waals surface area contributed by atoms with E-state index in [1.54, 1.807) is 54.6 Å². The molecule has 0 unspecified atom stereocenters. The Hall–Kier alpha value is -5.06. The van der Waals surface area contributed by atoms with Crippen molar-refractivity contribution in [3.05, 3.63) is 83.4 Å². The van der Waals surface area contributed by atoms with Crippen molar-refractivity contribution in [2.45, 2.75) is 6.61 Å². The van der Waals surface area contributed by atoms with Crippen LogP contribution in [-0.2, 0) is 20.8 Å². The van der Waals surface area contributed by atoms with Gasteiger partial charge in [0.1, 0.15) is 23.6 Å². The molecule has 2 aromatic carbocycles. The van der Waals surface area contributed by atoms with E-state index in [4.69, 9.17) is 23.4 Å². The molecule has 11 heteroatoms. The Morgan fingerprint density at radius 1 is 0.816 bits per heavy atom. The van der Waals surface area contributed by atoms with Gasteiger partial charge >= 0.3 is 17.9 Å². The van der Waals surface area contributed by atoms with Crippen LogP contribution < -0.4 is 9.47 Å². The van der Waals surface area contributed by atoms with Crippen molar-refractivity contribution >= 4 is 17.9 Å². The zero-order valence-electron chi connectivity index (χ0n) is 21.0. The van der Waals surface area contributed by atoms with Crippen molar-refractivity contribution in [1.82, 2.24) is 9.78 Å². The van der Waals surface area contributed by atoms with Gasteiger partial charge in [0.2, 0.25) is 5.76 Å². The van der Waals surface area contributed by atoms with Crippen LogP contribution in [0.25, 0.3) is 16.9 Å². The lowest BCUT2D eigenvalue weighted by molar-refractivity contribution is 0.0549. The summed E-state index contributed by atoms with van der Waals surface area (Å²) in [5, 5.41) is 4.61. The Morgan fingerprint density at radius 2 is 1.53 bits per heavy atom. The van der Waals surface area contributed by atoms with E-state index in [9.17, 15) is 14.4 Å². The van der Waals surface area contributed by atoms with E-state index in [0.29, 0.717) is 22.8 Å². The summed E-state index contributed by atoms with van der Waals surface area (Å²) in [5.74, 6) is -1.32. The van der Waals surface area contributed by atoms with Gasteiger partial charge in [0.15, 0.2) is 17.2 Å². The first-order chi connectivity index (χ1) is 18.4. The third-order valence-electron chi connectivity index (χ3n) is 5.52. The Labute approximate surface area is 217 Å². The molecule has 0 atom stereocenters. The van der Waals surface area contributed by atoms with Gasteiger partial charge in [-0.15, -0.1) is 0 Å². The van der Waals surface area contributed by atoms with Crippen LogP contribution in [0.2, 0.25) is 0 Å². The molecule has 38 heavy (non-hydrogen) atoms. The maximum absolute atomic E-state index is 13.0. The molecule has 0 aliphatic carbocycles. The van der Waals surface area contributed by atoms with Gasteiger partial charge in [0.05, 0.1) is 34.1 Å². The van der Waals surface area contributed by atoms with Gasteiger partial charge in [-0.1, -0.05) is 24.3 Å². The molecule has 0 radical (unpaired) electrons. The van der Waals surface area contributed by atoms with E-state index < -0.39 is 17.9 Å². The Bertz CT molecular complexity index is 1470. The number of nitrogens with zero attached hydrogens (tertiary/aromatic N) is 2. The molecule has 0 spiro atoms. The van der Waals surface area contributed by atoms with Crippen molar-refractivity contribution in [2.24, 2.45) is 0 Å². The molecule has 0 N–H and O–H groups in total. The number of benzene rings is 2. The quantitative estimate of drug-likeness (QED) is 0.235. The van der Waals surface area contributed by atoms with Crippen LogP contribution in [0.15, 0.2) is 65.1 Å². The number of hydrogen-bond donors (Lipinski definition) is 0. The summed E-state index contributed by atoms with van der Waals surface area (Å²) in [4.78, 5) is 37.6. The minimum absolute atomic E-state index is 0.0173. The smallest absolute Gasteiger partial charge is 0.373 e. The average molecular weight is 520 g/mol. The minimum Gasteiger partial charge on any atom is -0.493 e. The summed E-state index contributed by atoms with van der Waals surface area (Å²) in [6.45, 7) is -0.0961. The fourth-order valence-electron chi connectivity index (χ4n) is 3.76. The summed E-state index contributed by atoms with van der Waals surface area (Å²) < 4.78 is 33.0. The van der Waals surface area contributed by atoms with E-state index in [1.165, 1.54) is 39.2 Å². The first-order valence-electron chi connectivity index (χ1n) is 11.3. The number of aromatic nitrogens is 2. The number of esters is 3. The van der Waals surface area contributed by atoms with Crippen LogP contribution >= 0.6 is 0 Å². The highest BCUT2D eigenvalue weighted by atomic mass is 16.5. The molecular formula is C27H24N2O9. The standard InChI is InChI=1S/C27H24N2O9/c1-33-19-12-8-11-18(24(19)37-15-17-13-14-20(38-17)25(30)34-2)22-21(26(31)35-3)23(27(32)36-4)29(28-22)16-9-6-5-7-10-16/h5-14H,15H2,1-4H3. The van der Waals surface area contributed by atoms with Crippen molar-refractivity contribution in [2.75, 3.05) is 28.4 Å². The van der Waals surface area contributed by atoms with E-state index in [2.05, 4.69) is 9.84 Å². The number of ether oxygens (including phenoxy) is 5. The predicted molar refractivity (Wildman–Crippen MR) is 133 cm³/mol. The Balaban J connectivity index is 1.88. The Morgan fingerprint density at radius 3 is 2.18 bits per heavy atom. The van der Waals surface area contributed by atoms with Gasteiger partial charge in [-0.25, -0.2) is 19.1 Å². The molecule has 0 aliphatic heterocycles. The SMILES string of the molecule is COC(=O)c1ccc(COc2c(OC)cccc2-c2nn(-c3ccccc3)c(C(=O)OC)c2C(=O)OC)o1. The minimum atomic E-state index is -0.801. The van der Waals surface area contributed by atoms with Crippen LogP contribution in [-0.4, -0.2) is 56.1 Å². The van der Waals surface area contributed by atoms with Crippen LogP contribution in [0, 0.1) is 0 Å². The molecule has 4 aromatic rings. The molecular weight excluding hydrogens is 496 g/mol. The molecule has 0 bridgehead atoms. The van der Waals surface area contributed by atoms with Crippen LogP contribution in [0.1, 0.15) is 37.2 Å². The molecule has 4 rings (SSSR count). The summed E-state index contributed by atoms with van der Waals surface area (Å²) in [7, 11) is 5.11. The summed E-state index contributed by atoms with van der Waals surface area (Å²) in [6, 6.07) is 16.8. The molecule has 2 aromatic heterocycles. The zero-order valence-corrected chi connectivity index (χ0v) is 21.0. The number of carbonyl (C=O) groups excluding carboxylic acids is 3. The second kappa shape index (κ2) is 11.3. The maximum Gasteiger partial charge on any atom is 0.373 e. The highest BCUT2D eigenvalue weighted by Gasteiger charge is 2.33. The molecule has 11 nitrogen and oxygen atoms in total. The van der Waals surface area contributed by atoms with Crippen molar-refractivity contribution < 1.29 is 42.5 Å². The number of rotatable bonds is 9. The average Bonchev–Trinajstić information content (AvgIpc) is 3.60. The lowest BCUT2D eigenvalue weighted by atomic mass is 10.0. The van der Waals surface area contributed by atoms with Crippen LogP contribution in [0.3, 0.4) is 0 Å².